The third kappa shape index (κ3) is 4.18. The lowest BCUT2D eigenvalue weighted by atomic mass is 10.1. The van der Waals surface area contributed by atoms with Crippen molar-refractivity contribution in [2.24, 2.45) is 0 Å². The van der Waals surface area contributed by atoms with E-state index in [1.165, 1.54) is 6.92 Å². The van der Waals surface area contributed by atoms with Gasteiger partial charge in [0.2, 0.25) is 5.91 Å². The molecule has 4 heteroatoms. The third-order valence-electron chi connectivity index (χ3n) is 3.17. The summed E-state index contributed by atoms with van der Waals surface area (Å²) in [4.78, 5) is 23.0. The first-order chi connectivity index (χ1) is 10.1. The Kier molecular flexibility index (Phi) is 4.72. The predicted molar refractivity (Wildman–Crippen MR) is 83.1 cm³/mol. The number of carbonyl (C=O) groups excluding carboxylic acids is 2. The fourth-order valence-electron chi connectivity index (χ4n) is 1.99. The minimum absolute atomic E-state index is 0.132. The average molecular weight is 282 g/mol. The Morgan fingerprint density at radius 3 is 2.29 bits per heavy atom. The first-order valence-corrected chi connectivity index (χ1v) is 6.76. The number of benzene rings is 2. The van der Waals surface area contributed by atoms with Crippen molar-refractivity contribution in [1.29, 1.82) is 0 Å². The number of nitrogens with one attached hydrogen (secondary N) is 2. The van der Waals surface area contributed by atoms with Crippen LogP contribution in [0.4, 0.5) is 5.69 Å². The van der Waals surface area contributed by atoms with Gasteiger partial charge in [-0.05, 0) is 42.3 Å². The van der Waals surface area contributed by atoms with Crippen molar-refractivity contribution < 1.29 is 9.59 Å². The molecule has 4 nitrogen and oxygen atoms in total. The van der Waals surface area contributed by atoms with Gasteiger partial charge in [0.25, 0.3) is 5.91 Å². The van der Waals surface area contributed by atoms with Crippen LogP contribution in [0.25, 0.3) is 0 Å². The molecule has 0 fully saturated rings. The van der Waals surface area contributed by atoms with Gasteiger partial charge in [0, 0.05) is 24.7 Å². The highest BCUT2D eigenvalue weighted by atomic mass is 16.2. The van der Waals surface area contributed by atoms with Gasteiger partial charge in [0.05, 0.1) is 0 Å². The molecule has 2 rings (SSSR count). The molecule has 2 amide bonds. The Labute approximate surface area is 124 Å². The summed E-state index contributed by atoms with van der Waals surface area (Å²) in [5.74, 6) is -0.264. The monoisotopic (exact) mass is 282 g/mol. The van der Waals surface area contributed by atoms with E-state index in [0.29, 0.717) is 17.8 Å². The van der Waals surface area contributed by atoms with Crippen LogP contribution in [-0.2, 0) is 11.3 Å². The van der Waals surface area contributed by atoms with Crippen LogP contribution in [0.5, 0.6) is 0 Å². The third-order valence-corrected chi connectivity index (χ3v) is 3.17. The zero-order valence-corrected chi connectivity index (χ0v) is 12.1. The van der Waals surface area contributed by atoms with Crippen LogP contribution in [0.2, 0.25) is 0 Å². The van der Waals surface area contributed by atoms with Crippen molar-refractivity contribution >= 4 is 17.5 Å². The number of rotatable bonds is 4. The molecule has 0 heterocycles. The van der Waals surface area contributed by atoms with Crippen molar-refractivity contribution in [2.45, 2.75) is 20.4 Å². The summed E-state index contributed by atoms with van der Waals surface area (Å²) in [6.07, 6.45) is 0. The molecular formula is C17H18N2O2. The largest absolute Gasteiger partial charge is 0.348 e. The van der Waals surface area contributed by atoms with E-state index in [-0.39, 0.29) is 11.8 Å². The maximum atomic E-state index is 12.1. The number of hydrogen-bond donors (Lipinski definition) is 2. The van der Waals surface area contributed by atoms with Crippen LogP contribution in [0.1, 0.15) is 28.4 Å². The zero-order valence-electron chi connectivity index (χ0n) is 12.1. The molecule has 0 saturated heterocycles. The molecule has 0 atom stereocenters. The molecule has 2 aromatic carbocycles. The topological polar surface area (TPSA) is 58.2 Å². The first-order valence-electron chi connectivity index (χ1n) is 6.76. The Morgan fingerprint density at radius 2 is 1.67 bits per heavy atom. The van der Waals surface area contributed by atoms with Gasteiger partial charge in [-0.15, -0.1) is 0 Å². The summed E-state index contributed by atoms with van der Waals surface area (Å²) >= 11 is 0. The van der Waals surface area contributed by atoms with E-state index in [2.05, 4.69) is 10.6 Å². The Morgan fingerprint density at radius 1 is 1.00 bits per heavy atom. The van der Waals surface area contributed by atoms with E-state index in [1.54, 1.807) is 24.3 Å². The molecule has 21 heavy (non-hydrogen) atoms. The molecule has 2 aromatic rings. The maximum absolute atomic E-state index is 12.1. The van der Waals surface area contributed by atoms with Gasteiger partial charge in [0.1, 0.15) is 0 Å². The van der Waals surface area contributed by atoms with E-state index >= 15 is 0 Å². The molecule has 0 bridgehead atoms. The molecule has 0 radical (unpaired) electrons. The van der Waals surface area contributed by atoms with E-state index in [0.717, 1.165) is 11.1 Å². The van der Waals surface area contributed by atoms with Crippen LogP contribution in [0, 0.1) is 6.92 Å². The highest BCUT2D eigenvalue weighted by Gasteiger charge is 2.06. The number of anilines is 1. The molecule has 0 aliphatic heterocycles. The summed E-state index contributed by atoms with van der Waals surface area (Å²) in [6.45, 7) is 3.96. The van der Waals surface area contributed by atoms with Gasteiger partial charge >= 0.3 is 0 Å². The van der Waals surface area contributed by atoms with E-state index in [1.807, 2.05) is 31.2 Å². The molecule has 0 saturated carbocycles. The number of carbonyl (C=O) groups is 2. The van der Waals surface area contributed by atoms with Crippen molar-refractivity contribution in [3.63, 3.8) is 0 Å². The average Bonchev–Trinajstić information content (AvgIpc) is 2.46. The van der Waals surface area contributed by atoms with Crippen molar-refractivity contribution in [3.05, 3.63) is 65.2 Å². The van der Waals surface area contributed by atoms with Crippen LogP contribution in [0.15, 0.2) is 48.5 Å². The van der Waals surface area contributed by atoms with E-state index in [4.69, 9.17) is 0 Å². The van der Waals surface area contributed by atoms with Gasteiger partial charge in [-0.3, -0.25) is 9.59 Å². The van der Waals surface area contributed by atoms with E-state index < -0.39 is 0 Å². The second kappa shape index (κ2) is 6.70. The predicted octanol–water partition coefficient (Wildman–Crippen LogP) is 2.88. The Balaban J connectivity index is 1.97. The molecular weight excluding hydrogens is 264 g/mol. The SMILES string of the molecule is CC(=O)Nc1ccc(C(=O)NCc2ccccc2C)cc1. The molecule has 0 aromatic heterocycles. The van der Waals surface area contributed by atoms with E-state index in [9.17, 15) is 9.59 Å². The zero-order chi connectivity index (χ0) is 15.2. The first kappa shape index (κ1) is 14.8. The lowest BCUT2D eigenvalue weighted by molar-refractivity contribution is -0.114. The summed E-state index contributed by atoms with van der Waals surface area (Å²) < 4.78 is 0. The number of amides is 2. The molecule has 108 valence electrons. The van der Waals surface area contributed by atoms with Gasteiger partial charge in [-0.1, -0.05) is 24.3 Å². The molecule has 2 N–H and O–H groups in total. The fraction of sp³-hybridized carbons (Fsp3) is 0.176. The highest BCUT2D eigenvalue weighted by molar-refractivity contribution is 5.95. The van der Waals surface area contributed by atoms with Gasteiger partial charge in [0.15, 0.2) is 0 Å². The molecule has 0 aliphatic carbocycles. The fourth-order valence-corrected chi connectivity index (χ4v) is 1.99. The second-order valence-corrected chi connectivity index (χ2v) is 4.87. The van der Waals surface area contributed by atoms with Gasteiger partial charge in [-0.2, -0.15) is 0 Å². The van der Waals surface area contributed by atoms with Crippen molar-refractivity contribution in [1.82, 2.24) is 5.32 Å². The summed E-state index contributed by atoms with van der Waals surface area (Å²) in [5, 5.41) is 5.56. The van der Waals surface area contributed by atoms with Crippen LogP contribution in [0.3, 0.4) is 0 Å². The van der Waals surface area contributed by atoms with Crippen LogP contribution >= 0.6 is 0 Å². The van der Waals surface area contributed by atoms with Crippen LogP contribution < -0.4 is 10.6 Å². The normalized spacial score (nSPS) is 10.0. The Bertz CT molecular complexity index is 648. The molecule has 0 spiro atoms. The molecule has 0 unspecified atom stereocenters. The maximum Gasteiger partial charge on any atom is 0.251 e. The number of aryl methyl sites for hydroxylation is 1. The summed E-state index contributed by atoms with van der Waals surface area (Å²) in [5.41, 5.74) is 3.50. The summed E-state index contributed by atoms with van der Waals surface area (Å²) in [7, 11) is 0. The minimum Gasteiger partial charge on any atom is -0.348 e. The molecule has 0 aliphatic rings. The van der Waals surface area contributed by atoms with Crippen molar-refractivity contribution in [2.75, 3.05) is 5.32 Å². The smallest absolute Gasteiger partial charge is 0.251 e. The standard InChI is InChI=1S/C17H18N2O2/c1-12-5-3-4-6-15(12)11-18-17(21)14-7-9-16(10-8-14)19-13(2)20/h3-10H,11H2,1-2H3,(H,18,21)(H,19,20). The quantitative estimate of drug-likeness (QED) is 0.906. The van der Waals surface area contributed by atoms with Crippen LogP contribution in [-0.4, -0.2) is 11.8 Å². The second-order valence-electron chi connectivity index (χ2n) is 4.87. The minimum atomic E-state index is -0.133. The van der Waals surface area contributed by atoms with Crippen molar-refractivity contribution in [3.8, 4) is 0 Å². The van der Waals surface area contributed by atoms with Gasteiger partial charge < -0.3 is 10.6 Å². The Hall–Kier alpha value is -2.62. The van der Waals surface area contributed by atoms with Gasteiger partial charge in [-0.25, -0.2) is 0 Å². The lowest BCUT2D eigenvalue weighted by Gasteiger charge is -2.08. The summed E-state index contributed by atoms with van der Waals surface area (Å²) in [6, 6.07) is 14.8. The highest BCUT2D eigenvalue weighted by Crippen LogP contribution is 2.10. The lowest BCUT2D eigenvalue weighted by Crippen LogP contribution is -2.23. The number of hydrogen-bond acceptors (Lipinski definition) is 2.